The van der Waals surface area contributed by atoms with Crippen LogP contribution in [0, 0.1) is 19.8 Å². The minimum atomic E-state index is -1.21. The first-order valence-electron chi connectivity index (χ1n) is 14.1. The number of halogens is 1. The molecule has 9 nitrogen and oxygen atoms in total. The Bertz CT molecular complexity index is 1640. The molecule has 1 N–H and O–H groups in total. The summed E-state index contributed by atoms with van der Waals surface area (Å²) in [6, 6.07) is 9.65. The van der Waals surface area contributed by atoms with E-state index in [4.69, 9.17) is 25.8 Å². The monoisotopic (exact) mass is 590 g/mol. The lowest BCUT2D eigenvalue weighted by molar-refractivity contribution is -0.160. The SMILES string of the molecule is Cc1c([C@H](OC(C)(C)C)C(=O)O)c(-c2ccc(Cl)cc2)c2cc(C)n3c2c1N(c1ncc(OCC2COC2)cn1)CC3. The molecule has 6 rings (SSSR count). The van der Waals surface area contributed by atoms with Gasteiger partial charge in [-0.1, -0.05) is 23.7 Å². The Balaban J connectivity index is 1.55. The number of aryl methyl sites for hydroxylation is 1. The minimum Gasteiger partial charge on any atom is -0.490 e. The second-order valence-electron chi connectivity index (χ2n) is 12.0. The zero-order chi connectivity index (χ0) is 29.8. The fourth-order valence-electron chi connectivity index (χ4n) is 5.85. The van der Waals surface area contributed by atoms with E-state index >= 15 is 0 Å². The summed E-state index contributed by atoms with van der Waals surface area (Å²) in [4.78, 5) is 24.3. The molecule has 0 spiro atoms. The van der Waals surface area contributed by atoms with E-state index in [2.05, 4.69) is 32.4 Å². The van der Waals surface area contributed by atoms with Crippen LogP contribution in [-0.2, 0) is 20.8 Å². The van der Waals surface area contributed by atoms with Gasteiger partial charge >= 0.3 is 5.97 Å². The second kappa shape index (κ2) is 10.9. The first kappa shape index (κ1) is 28.5. The van der Waals surface area contributed by atoms with Gasteiger partial charge in [0.05, 0.1) is 49.0 Å². The van der Waals surface area contributed by atoms with Gasteiger partial charge in [0.2, 0.25) is 5.95 Å². The van der Waals surface area contributed by atoms with Gasteiger partial charge in [0, 0.05) is 40.7 Å². The van der Waals surface area contributed by atoms with Crippen LogP contribution in [0.15, 0.2) is 42.7 Å². The smallest absolute Gasteiger partial charge is 0.337 e. The molecule has 0 saturated carbocycles. The predicted molar refractivity (Wildman–Crippen MR) is 162 cm³/mol. The number of aliphatic carboxylic acids is 1. The van der Waals surface area contributed by atoms with Crippen LogP contribution in [0.4, 0.5) is 11.6 Å². The van der Waals surface area contributed by atoms with Crippen molar-refractivity contribution in [2.24, 2.45) is 5.92 Å². The van der Waals surface area contributed by atoms with Crippen molar-refractivity contribution in [3.8, 4) is 16.9 Å². The van der Waals surface area contributed by atoms with Crippen molar-refractivity contribution in [1.82, 2.24) is 14.5 Å². The van der Waals surface area contributed by atoms with Crippen molar-refractivity contribution < 1.29 is 24.1 Å². The Labute approximate surface area is 250 Å². The van der Waals surface area contributed by atoms with Crippen LogP contribution in [0.5, 0.6) is 5.75 Å². The second-order valence-corrected chi connectivity index (χ2v) is 12.4. The number of carbonyl (C=O) groups is 1. The lowest BCUT2D eigenvalue weighted by Crippen LogP contribution is -2.33. The molecular weight excluding hydrogens is 556 g/mol. The summed E-state index contributed by atoms with van der Waals surface area (Å²) in [5.41, 5.74) is 5.38. The van der Waals surface area contributed by atoms with E-state index in [1.54, 1.807) is 12.4 Å². The fraction of sp³-hybridized carbons (Fsp3) is 0.406. The van der Waals surface area contributed by atoms with Crippen molar-refractivity contribution in [2.45, 2.75) is 52.9 Å². The molecule has 4 aromatic rings. The molecule has 10 heteroatoms. The molecule has 1 fully saturated rings. The maximum Gasteiger partial charge on any atom is 0.337 e. The molecule has 2 aromatic heterocycles. The van der Waals surface area contributed by atoms with Gasteiger partial charge in [-0.2, -0.15) is 0 Å². The van der Waals surface area contributed by atoms with Gasteiger partial charge in [0.15, 0.2) is 11.9 Å². The highest BCUT2D eigenvalue weighted by Crippen LogP contribution is 2.49. The standard InChI is InChI=1S/C32H35ClN4O5/c1-18-12-24-26(21-6-8-22(33)9-7-21)25(29(30(38)39)42-32(3,4)5)19(2)27-28(24)36(18)10-11-37(27)31-34-13-23(14-35-31)41-17-20-15-40-16-20/h6-9,12-14,20,29H,10-11,15-17H2,1-5H3,(H,38,39)/t29-/m0/s1. The molecule has 0 unspecified atom stereocenters. The summed E-state index contributed by atoms with van der Waals surface area (Å²) in [6.45, 7) is 13.0. The predicted octanol–water partition coefficient (Wildman–Crippen LogP) is 6.49. The van der Waals surface area contributed by atoms with Gasteiger partial charge in [-0.3, -0.25) is 0 Å². The average molecular weight is 591 g/mol. The number of aromatic nitrogens is 3. The Kier molecular flexibility index (Phi) is 7.37. The number of hydrogen-bond donors (Lipinski definition) is 1. The Morgan fingerprint density at radius 2 is 1.83 bits per heavy atom. The third-order valence-corrected chi connectivity index (χ3v) is 8.03. The maximum atomic E-state index is 12.9. The van der Waals surface area contributed by atoms with Crippen molar-refractivity contribution in [3.63, 3.8) is 0 Å². The van der Waals surface area contributed by atoms with Crippen molar-refractivity contribution in [3.05, 3.63) is 64.6 Å². The van der Waals surface area contributed by atoms with Crippen LogP contribution in [-0.4, -0.2) is 57.6 Å². The molecule has 1 atom stereocenters. The number of hydrogen-bond acceptors (Lipinski definition) is 7. The minimum absolute atomic E-state index is 0.397. The van der Waals surface area contributed by atoms with Gasteiger partial charge in [0.25, 0.3) is 0 Å². The molecule has 2 aromatic carbocycles. The number of carboxylic acid groups (broad SMARTS) is 1. The Morgan fingerprint density at radius 3 is 2.43 bits per heavy atom. The summed E-state index contributed by atoms with van der Waals surface area (Å²) in [5, 5.41) is 12.1. The van der Waals surface area contributed by atoms with Crippen LogP contribution in [0.3, 0.4) is 0 Å². The summed E-state index contributed by atoms with van der Waals surface area (Å²) in [5.74, 6) is 0.474. The molecule has 220 valence electrons. The first-order valence-corrected chi connectivity index (χ1v) is 14.5. The first-order chi connectivity index (χ1) is 20.0. The highest BCUT2D eigenvalue weighted by atomic mass is 35.5. The normalized spacial score (nSPS) is 16.0. The van der Waals surface area contributed by atoms with E-state index < -0.39 is 17.7 Å². The number of carboxylic acids is 1. The number of nitrogens with zero attached hydrogens (tertiary/aromatic N) is 4. The van der Waals surface area contributed by atoms with Crippen LogP contribution in [0.1, 0.15) is 43.7 Å². The third-order valence-electron chi connectivity index (χ3n) is 7.78. The number of benzene rings is 2. The highest BCUT2D eigenvalue weighted by Gasteiger charge is 2.36. The topological polar surface area (TPSA) is 98.9 Å². The van der Waals surface area contributed by atoms with Gasteiger partial charge in [-0.15, -0.1) is 0 Å². The molecule has 0 amide bonds. The Hall–Kier alpha value is -3.66. The molecule has 2 aliphatic rings. The maximum absolute atomic E-state index is 12.9. The lowest BCUT2D eigenvalue weighted by Gasteiger charge is -2.35. The zero-order valence-electron chi connectivity index (χ0n) is 24.5. The lowest BCUT2D eigenvalue weighted by atomic mass is 9.87. The van der Waals surface area contributed by atoms with E-state index in [-0.39, 0.29) is 0 Å². The molecular formula is C32H35ClN4O5. The quantitative estimate of drug-likeness (QED) is 0.249. The summed E-state index contributed by atoms with van der Waals surface area (Å²) < 4.78 is 19.7. The zero-order valence-corrected chi connectivity index (χ0v) is 25.2. The number of anilines is 2. The average Bonchev–Trinajstić information content (AvgIpc) is 3.25. The van der Waals surface area contributed by atoms with E-state index in [1.807, 2.05) is 52.0 Å². The van der Waals surface area contributed by atoms with Gasteiger partial charge in [-0.05, 0) is 69.5 Å². The van der Waals surface area contributed by atoms with E-state index in [0.29, 0.717) is 54.6 Å². The summed E-state index contributed by atoms with van der Waals surface area (Å²) in [6.07, 6.45) is 2.17. The molecule has 42 heavy (non-hydrogen) atoms. The highest BCUT2D eigenvalue weighted by molar-refractivity contribution is 6.30. The van der Waals surface area contributed by atoms with Gasteiger partial charge in [0.1, 0.15) is 0 Å². The van der Waals surface area contributed by atoms with Crippen LogP contribution < -0.4 is 9.64 Å². The van der Waals surface area contributed by atoms with Crippen molar-refractivity contribution in [1.29, 1.82) is 0 Å². The number of ether oxygens (including phenoxy) is 3. The fourth-order valence-corrected chi connectivity index (χ4v) is 5.98. The summed E-state index contributed by atoms with van der Waals surface area (Å²) in [7, 11) is 0. The number of rotatable bonds is 8. The van der Waals surface area contributed by atoms with Crippen molar-refractivity contribution in [2.75, 3.05) is 31.3 Å². The molecule has 0 aliphatic carbocycles. The Morgan fingerprint density at radius 1 is 1.14 bits per heavy atom. The van der Waals surface area contributed by atoms with E-state index in [1.165, 1.54) is 0 Å². The molecule has 1 saturated heterocycles. The molecule has 2 aliphatic heterocycles. The van der Waals surface area contributed by atoms with E-state index in [0.717, 1.165) is 45.5 Å². The van der Waals surface area contributed by atoms with Crippen LogP contribution in [0.25, 0.3) is 22.0 Å². The van der Waals surface area contributed by atoms with Crippen LogP contribution in [0.2, 0.25) is 5.02 Å². The molecule has 4 heterocycles. The summed E-state index contributed by atoms with van der Waals surface area (Å²) >= 11 is 6.26. The largest absolute Gasteiger partial charge is 0.490 e. The van der Waals surface area contributed by atoms with Crippen molar-refractivity contribution >= 4 is 40.1 Å². The van der Waals surface area contributed by atoms with Crippen LogP contribution >= 0.6 is 11.6 Å². The third kappa shape index (κ3) is 5.21. The van der Waals surface area contributed by atoms with E-state index in [9.17, 15) is 9.90 Å². The van der Waals surface area contributed by atoms with Gasteiger partial charge in [-0.25, -0.2) is 14.8 Å². The van der Waals surface area contributed by atoms with Gasteiger partial charge < -0.3 is 28.8 Å². The molecule has 0 radical (unpaired) electrons. The molecule has 0 bridgehead atoms.